The van der Waals surface area contributed by atoms with Gasteiger partial charge in [0.2, 0.25) is 0 Å². The maximum Gasteiger partial charge on any atom is 0.140 e. The molecule has 1 saturated carbocycles. The van der Waals surface area contributed by atoms with Crippen molar-refractivity contribution in [1.29, 1.82) is 0 Å². The van der Waals surface area contributed by atoms with Crippen LogP contribution in [0.1, 0.15) is 33.6 Å². The molecule has 0 N–H and O–H groups in total. The maximum atomic E-state index is 11.7. The van der Waals surface area contributed by atoms with Gasteiger partial charge in [-0.3, -0.25) is 4.79 Å². The van der Waals surface area contributed by atoms with E-state index in [2.05, 4.69) is 26.8 Å². The molecule has 1 fully saturated rings. The molecule has 1 nitrogen and oxygen atoms in total. The summed E-state index contributed by atoms with van der Waals surface area (Å²) in [6.07, 6.45) is 4.29. The van der Waals surface area contributed by atoms with E-state index in [9.17, 15) is 4.79 Å². The first-order chi connectivity index (χ1) is 6.09. The van der Waals surface area contributed by atoms with Crippen LogP contribution in [0.4, 0.5) is 0 Å². The molecule has 2 bridgehead atoms. The number of hydrogen-bond acceptors (Lipinski definition) is 1. The Morgan fingerprint density at radius 3 is 2.69 bits per heavy atom. The summed E-state index contributed by atoms with van der Waals surface area (Å²) in [4.78, 5) is 11.7. The zero-order valence-electron chi connectivity index (χ0n) is 8.71. The van der Waals surface area contributed by atoms with Crippen molar-refractivity contribution in [2.75, 3.05) is 0 Å². The standard InChI is InChI=1S/C12H18O/c1-7(2)10-5-9-6-12(13)11(10)4-8(9)3/h4,7,9-11H,5-6H2,1-3H3/t9-,10-,11+/m1/s1. The molecule has 0 amide bonds. The Morgan fingerprint density at radius 2 is 2.15 bits per heavy atom. The molecule has 3 aliphatic rings. The molecular weight excluding hydrogens is 160 g/mol. The molecule has 0 aliphatic heterocycles. The first-order valence-electron chi connectivity index (χ1n) is 5.30. The average Bonchev–Trinajstić information content (AvgIpc) is 2.06. The fraction of sp³-hybridized carbons (Fsp3) is 0.750. The lowest BCUT2D eigenvalue weighted by atomic mass is 9.62. The molecule has 13 heavy (non-hydrogen) atoms. The summed E-state index contributed by atoms with van der Waals surface area (Å²) in [5.74, 6) is 2.59. The van der Waals surface area contributed by atoms with Crippen molar-refractivity contribution in [3.8, 4) is 0 Å². The molecule has 3 aliphatic carbocycles. The molecule has 3 rings (SSSR count). The quantitative estimate of drug-likeness (QED) is 0.564. The van der Waals surface area contributed by atoms with Crippen LogP contribution in [-0.2, 0) is 4.79 Å². The monoisotopic (exact) mass is 178 g/mol. The van der Waals surface area contributed by atoms with Gasteiger partial charge in [-0.05, 0) is 31.1 Å². The van der Waals surface area contributed by atoms with E-state index in [1.54, 1.807) is 0 Å². The van der Waals surface area contributed by atoms with Crippen LogP contribution in [0.25, 0.3) is 0 Å². The lowest BCUT2D eigenvalue weighted by Crippen LogP contribution is -2.39. The smallest absolute Gasteiger partial charge is 0.140 e. The van der Waals surface area contributed by atoms with E-state index < -0.39 is 0 Å². The first kappa shape index (κ1) is 8.98. The second-order valence-electron chi connectivity index (χ2n) is 4.95. The fourth-order valence-electron chi connectivity index (χ4n) is 2.85. The van der Waals surface area contributed by atoms with Gasteiger partial charge in [0.25, 0.3) is 0 Å². The molecule has 3 atom stereocenters. The molecule has 0 saturated heterocycles. The van der Waals surface area contributed by atoms with Gasteiger partial charge in [-0.15, -0.1) is 0 Å². The van der Waals surface area contributed by atoms with Gasteiger partial charge in [-0.1, -0.05) is 25.5 Å². The highest BCUT2D eigenvalue weighted by atomic mass is 16.1. The molecule has 0 radical (unpaired) electrons. The zero-order chi connectivity index (χ0) is 9.59. The van der Waals surface area contributed by atoms with Crippen LogP contribution in [-0.4, -0.2) is 5.78 Å². The highest BCUT2D eigenvalue weighted by molar-refractivity contribution is 5.86. The van der Waals surface area contributed by atoms with Gasteiger partial charge >= 0.3 is 0 Å². The van der Waals surface area contributed by atoms with E-state index in [4.69, 9.17) is 0 Å². The molecule has 0 aromatic heterocycles. The first-order valence-corrected chi connectivity index (χ1v) is 5.30. The molecule has 0 spiro atoms. The van der Waals surface area contributed by atoms with Gasteiger partial charge in [0.05, 0.1) is 0 Å². The summed E-state index contributed by atoms with van der Waals surface area (Å²) in [6, 6.07) is 0. The van der Waals surface area contributed by atoms with E-state index in [0.29, 0.717) is 23.5 Å². The van der Waals surface area contributed by atoms with E-state index in [1.807, 2.05) is 0 Å². The van der Waals surface area contributed by atoms with Crippen LogP contribution in [0.5, 0.6) is 0 Å². The lowest BCUT2D eigenvalue weighted by Gasteiger charge is -2.41. The Bertz CT molecular complexity index is 262. The number of carbonyl (C=O) groups excluding carboxylic acids is 1. The predicted octanol–water partition coefficient (Wildman–Crippen LogP) is 2.81. The summed E-state index contributed by atoms with van der Waals surface area (Å²) in [5.41, 5.74) is 1.46. The summed E-state index contributed by atoms with van der Waals surface area (Å²) in [7, 11) is 0. The van der Waals surface area contributed by atoms with Gasteiger partial charge in [0.15, 0.2) is 0 Å². The van der Waals surface area contributed by atoms with Crippen LogP contribution in [0.2, 0.25) is 0 Å². The number of hydrogen-bond donors (Lipinski definition) is 0. The number of fused-ring (bicyclic) bond motifs is 2. The minimum absolute atomic E-state index is 0.255. The molecule has 0 unspecified atom stereocenters. The van der Waals surface area contributed by atoms with E-state index in [-0.39, 0.29) is 5.92 Å². The summed E-state index contributed by atoms with van der Waals surface area (Å²) >= 11 is 0. The average molecular weight is 178 g/mol. The number of allylic oxidation sites excluding steroid dienone is 2. The third-order valence-corrected chi connectivity index (χ3v) is 3.78. The van der Waals surface area contributed by atoms with Gasteiger partial charge in [0, 0.05) is 12.3 Å². The van der Waals surface area contributed by atoms with Crippen LogP contribution in [0.3, 0.4) is 0 Å². The minimum atomic E-state index is 0.255. The Hall–Kier alpha value is -0.590. The van der Waals surface area contributed by atoms with Crippen LogP contribution in [0.15, 0.2) is 11.6 Å². The predicted molar refractivity (Wildman–Crippen MR) is 53.3 cm³/mol. The lowest BCUT2D eigenvalue weighted by molar-refractivity contribution is -0.127. The van der Waals surface area contributed by atoms with Crippen molar-refractivity contribution in [3.63, 3.8) is 0 Å². The Kier molecular flexibility index (Phi) is 2.05. The van der Waals surface area contributed by atoms with Crippen molar-refractivity contribution in [1.82, 2.24) is 0 Å². The molecule has 1 heteroatoms. The summed E-state index contributed by atoms with van der Waals surface area (Å²) < 4.78 is 0. The van der Waals surface area contributed by atoms with Crippen LogP contribution >= 0.6 is 0 Å². The molecule has 0 aromatic carbocycles. The normalized spacial score (nSPS) is 38.3. The van der Waals surface area contributed by atoms with E-state index in [0.717, 1.165) is 6.42 Å². The highest BCUT2D eigenvalue weighted by Gasteiger charge is 2.41. The van der Waals surface area contributed by atoms with Gasteiger partial charge < -0.3 is 0 Å². The van der Waals surface area contributed by atoms with Gasteiger partial charge in [-0.25, -0.2) is 0 Å². The van der Waals surface area contributed by atoms with Crippen LogP contribution < -0.4 is 0 Å². The molecule has 72 valence electrons. The Morgan fingerprint density at radius 1 is 1.46 bits per heavy atom. The third kappa shape index (κ3) is 1.34. The third-order valence-electron chi connectivity index (χ3n) is 3.78. The second kappa shape index (κ2) is 2.97. The Labute approximate surface area is 80.2 Å². The summed E-state index contributed by atoms with van der Waals surface area (Å²) in [6.45, 7) is 6.66. The molecule has 0 aromatic rings. The zero-order valence-corrected chi connectivity index (χ0v) is 8.71. The number of carbonyl (C=O) groups is 1. The summed E-state index contributed by atoms with van der Waals surface area (Å²) in [5, 5.41) is 0. The SMILES string of the molecule is CC1=C[C@@H]2C(=O)C[C@H]1C[C@@H]2C(C)C. The van der Waals surface area contributed by atoms with Crippen molar-refractivity contribution < 1.29 is 4.79 Å². The largest absolute Gasteiger partial charge is 0.299 e. The van der Waals surface area contributed by atoms with Crippen molar-refractivity contribution >= 4 is 5.78 Å². The molecular formula is C12H18O. The highest BCUT2D eigenvalue weighted by Crippen LogP contribution is 2.44. The van der Waals surface area contributed by atoms with E-state index in [1.165, 1.54) is 12.0 Å². The number of Topliss-reactive ketones (excluding diaryl/α,β-unsaturated/α-hetero) is 1. The fourth-order valence-corrected chi connectivity index (χ4v) is 2.85. The van der Waals surface area contributed by atoms with Gasteiger partial charge in [0.1, 0.15) is 5.78 Å². The van der Waals surface area contributed by atoms with E-state index >= 15 is 0 Å². The minimum Gasteiger partial charge on any atom is -0.299 e. The van der Waals surface area contributed by atoms with Gasteiger partial charge in [-0.2, -0.15) is 0 Å². The maximum absolute atomic E-state index is 11.7. The Balaban J connectivity index is 2.28. The van der Waals surface area contributed by atoms with Crippen molar-refractivity contribution in [2.45, 2.75) is 33.6 Å². The number of ketones is 1. The van der Waals surface area contributed by atoms with Crippen LogP contribution in [0, 0.1) is 23.7 Å². The number of rotatable bonds is 1. The topological polar surface area (TPSA) is 17.1 Å². The molecule has 0 heterocycles. The second-order valence-corrected chi connectivity index (χ2v) is 4.95. The van der Waals surface area contributed by atoms with Crippen molar-refractivity contribution in [3.05, 3.63) is 11.6 Å². The van der Waals surface area contributed by atoms with Crippen molar-refractivity contribution in [2.24, 2.45) is 23.7 Å².